The van der Waals surface area contributed by atoms with Crippen molar-refractivity contribution in [3.8, 4) is 0 Å². The van der Waals surface area contributed by atoms with Crippen molar-refractivity contribution in [3.63, 3.8) is 0 Å². The van der Waals surface area contributed by atoms with Crippen LogP contribution in [0.5, 0.6) is 0 Å². The van der Waals surface area contributed by atoms with Crippen LogP contribution in [0.4, 0.5) is 11.4 Å². The molecule has 3 heteroatoms. The fourth-order valence-corrected chi connectivity index (χ4v) is 2.45. The molecule has 1 aromatic carbocycles. The largest absolute Gasteiger partial charge is 0.397 e. The van der Waals surface area contributed by atoms with Crippen LogP contribution in [0.15, 0.2) is 18.2 Å². The number of rotatable bonds is 4. The van der Waals surface area contributed by atoms with Crippen LogP contribution in [0, 0.1) is 12.8 Å². The van der Waals surface area contributed by atoms with Gasteiger partial charge in [-0.2, -0.15) is 0 Å². The maximum atomic E-state index is 6.04. The van der Waals surface area contributed by atoms with Crippen LogP contribution in [0.1, 0.15) is 25.3 Å². The highest BCUT2D eigenvalue weighted by molar-refractivity contribution is 5.69. The molecule has 2 rings (SSSR count). The fraction of sp³-hybridized carbons (Fsp3) is 0.571. The van der Waals surface area contributed by atoms with Crippen LogP contribution in [0.3, 0.4) is 0 Å². The van der Waals surface area contributed by atoms with Crippen LogP contribution in [-0.4, -0.2) is 19.3 Å². The van der Waals surface area contributed by atoms with Crippen molar-refractivity contribution in [2.75, 3.05) is 24.2 Å². The molecule has 3 N–H and O–H groups in total. The number of nitrogens with two attached hydrogens (primary N) is 1. The number of nitrogens with one attached hydrogen (secondary N) is 1. The average molecular weight is 234 g/mol. The maximum absolute atomic E-state index is 6.04. The second-order valence-corrected chi connectivity index (χ2v) is 4.78. The Morgan fingerprint density at radius 2 is 2.29 bits per heavy atom. The summed E-state index contributed by atoms with van der Waals surface area (Å²) in [6.45, 7) is 6.07. The van der Waals surface area contributed by atoms with E-state index in [1.54, 1.807) is 0 Å². The van der Waals surface area contributed by atoms with Crippen molar-refractivity contribution in [3.05, 3.63) is 23.8 Å². The summed E-state index contributed by atoms with van der Waals surface area (Å²) in [5, 5.41) is 3.46. The van der Waals surface area contributed by atoms with Crippen molar-refractivity contribution < 1.29 is 4.74 Å². The first kappa shape index (κ1) is 12.2. The molecule has 94 valence electrons. The van der Waals surface area contributed by atoms with Gasteiger partial charge in [0.2, 0.25) is 0 Å². The molecule has 0 radical (unpaired) electrons. The highest BCUT2D eigenvalue weighted by atomic mass is 16.5. The molecule has 3 nitrogen and oxygen atoms in total. The van der Waals surface area contributed by atoms with Gasteiger partial charge in [-0.15, -0.1) is 0 Å². The molecule has 1 aliphatic rings. The van der Waals surface area contributed by atoms with E-state index in [4.69, 9.17) is 10.5 Å². The van der Waals surface area contributed by atoms with E-state index in [0.29, 0.717) is 12.0 Å². The van der Waals surface area contributed by atoms with Gasteiger partial charge in [0.15, 0.2) is 0 Å². The highest BCUT2D eigenvalue weighted by Crippen LogP contribution is 2.26. The van der Waals surface area contributed by atoms with Crippen molar-refractivity contribution in [1.29, 1.82) is 0 Å². The van der Waals surface area contributed by atoms with E-state index < -0.39 is 0 Å². The molecule has 1 aliphatic heterocycles. The molecule has 0 aromatic heterocycles. The zero-order chi connectivity index (χ0) is 12.3. The lowest BCUT2D eigenvalue weighted by Gasteiger charge is -2.19. The zero-order valence-corrected chi connectivity index (χ0v) is 10.7. The molecule has 0 saturated carbocycles. The van der Waals surface area contributed by atoms with Gasteiger partial charge in [0.25, 0.3) is 0 Å². The predicted molar refractivity (Wildman–Crippen MR) is 72.2 cm³/mol. The molecule has 17 heavy (non-hydrogen) atoms. The van der Waals surface area contributed by atoms with Gasteiger partial charge < -0.3 is 15.8 Å². The number of anilines is 2. The summed E-state index contributed by atoms with van der Waals surface area (Å²) in [7, 11) is 0. The van der Waals surface area contributed by atoms with Gasteiger partial charge in [0.05, 0.1) is 17.5 Å². The number of aryl methyl sites for hydroxylation is 1. The van der Waals surface area contributed by atoms with E-state index in [1.165, 1.54) is 0 Å². The average Bonchev–Trinajstić information content (AvgIpc) is 2.78. The van der Waals surface area contributed by atoms with Crippen molar-refractivity contribution in [2.24, 2.45) is 5.92 Å². The van der Waals surface area contributed by atoms with Gasteiger partial charge >= 0.3 is 0 Å². The summed E-state index contributed by atoms with van der Waals surface area (Å²) >= 11 is 0. The molecular weight excluding hydrogens is 212 g/mol. The second-order valence-electron chi connectivity index (χ2n) is 4.78. The molecule has 0 bridgehead atoms. The molecule has 2 atom stereocenters. The van der Waals surface area contributed by atoms with Crippen molar-refractivity contribution in [2.45, 2.75) is 32.8 Å². The Kier molecular flexibility index (Phi) is 3.89. The zero-order valence-electron chi connectivity index (χ0n) is 10.7. The minimum atomic E-state index is 0.411. The summed E-state index contributed by atoms with van der Waals surface area (Å²) in [6.07, 6.45) is 2.65. The highest BCUT2D eigenvalue weighted by Gasteiger charge is 2.26. The molecule has 1 aromatic rings. The minimum absolute atomic E-state index is 0.411. The topological polar surface area (TPSA) is 47.3 Å². The van der Waals surface area contributed by atoms with E-state index in [1.807, 2.05) is 25.1 Å². The number of ether oxygens (including phenoxy) is 1. The Bertz CT molecular complexity index is 378. The summed E-state index contributed by atoms with van der Waals surface area (Å²) in [6, 6.07) is 6.11. The molecule has 1 fully saturated rings. The quantitative estimate of drug-likeness (QED) is 0.787. The number of nitrogen functional groups attached to an aromatic ring is 1. The third-order valence-electron chi connectivity index (χ3n) is 3.63. The molecular formula is C14H22N2O. The van der Waals surface area contributed by atoms with Gasteiger partial charge in [-0.25, -0.2) is 0 Å². The Morgan fingerprint density at radius 3 is 3.06 bits per heavy atom. The number of hydrogen-bond donors (Lipinski definition) is 2. The second kappa shape index (κ2) is 5.41. The first-order chi connectivity index (χ1) is 8.22. The lowest BCUT2D eigenvalue weighted by atomic mass is 9.99. The van der Waals surface area contributed by atoms with Gasteiger partial charge in [-0.05, 0) is 31.4 Å². The van der Waals surface area contributed by atoms with E-state index in [0.717, 1.165) is 42.9 Å². The van der Waals surface area contributed by atoms with Crippen molar-refractivity contribution in [1.82, 2.24) is 0 Å². The monoisotopic (exact) mass is 234 g/mol. The van der Waals surface area contributed by atoms with Crippen LogP contribution in [-0.2, 0) is 4.74 Å². The number of para-hydroxylation sites is 1. The predicted octanol–water partition coefficient (Wildman–Crippen LogP) is 2.80. The first-order valence-corrected chi connectivity index (χ1v) is 6.43. The SMILES string of the molecule is CCC1OCCC1CNc1cccc(C)c1N. The molecule has 0 amide bonds. The lowest BCUT2D eigenvalue weighted by molar-refractivity contribution is 0.0900. The number of benzene rings is 1. The minimum Gasteiger partial charge on any atom is -0.397 e. The van der Waals surface area contributed by atoms with E-state index in [9.17, 15) is 0 Å². The first-order valence-electron chi connectivity index (χ1n) is 6.43. The van der Waals surface area contributed by atoms with Gasteiger partial charge in [-0.3, -0.25) is 0 Å². The third kappa shape index (κ3) is 2.72. The molecule has 1 heterocycles. The Hall–Kier alpha value is -1.22. The Balaban J connectivity index is 1.95. The summed E-state index contributed by atoms with van der Waals surface area (Å²) in [4.78, 5) is 0. The van der Waals surface area contributed by atoms with E-state index in [-0.39, 0.29) is 0 Å². The third-order valence-corrected chi connectivity index (χ3v) is 3.63. The lowest BCUT2D eigenvalue weighted by Crippen LogP contribution is -2.23. The molecule has 1 saturated heterocycles. The Labute approximate surface area is 103 Å². The summed E-state index contributed by atoms with van der Waals surface area (Å²) < 4.78 is 5.69. The van der Waals surface area contributed by atoms with E-state index in [2.05, 4.69) is 12.2 Å². The van der Waals surface area contributed by atoms with Crippen LogP contribution >= 0.6 is 0 Å². The van der Waals surface area contributed by atoms with Crippen LogP contribution in [0.2, 0.25) is 0 Å². The molecule has 0 aliphatic carbocycles. The normalized spacial score (nSPS) is 23.9. The summed E-state index contributed by atoms with van der Waals surface area (Å²) in [5.41, 5.74) is 9.08. The summed E-state index contributed by atoms with van der Waals surface area (Å²) in [5.74, 6) is 0.611. The standard InChI is InChI=1S/C14H22N2O/c1-3-13-11(7-8-17-13)9-16-12-6-4-5-10(2)14(12)15/h4-6,11,13,16H,3,7-9,15H2,1-2H3. The molecule has 0 spiro atoms. The maximum Gasteiger partial charge on any atom is 0.0618 e. The van der Waals surface area contributed by atoms with Crippen molar-refractivity contribution >= 4 is 11.4 Å². The smallest absolute Gasteiger partial charge is 0.0618 e. The van der Waals surface area contributed by atoms with E-state index >= 15 is 0 Å². The molecule has 2 unspecified atom stereocenters. The van der Waals surface area contributed by atoms with Gasteiger partial charge in [0.1, 0.15) is 0 Å². The van der Waals surface area contributed by atoms with Crippen LogP contribution < -0.4 is 11.1 Å². The Morgan fingerprint density at radius 1 is 1.47 bits per heavy atom. The van der Waals surface area contributed by atoms with Gasteiger partial charge in [-0.1, -0.05) is 19.1 Å². The van der Waals surface area contributed by atoms with Crippen LogP contribution in [0.25, 0.3) is 0 Å². The fourth-order valence-electron chi connectivity index (χ4n) is 2.45. The van der Waals surface area contributed by atoms with Gasteiger partial charge in [0, 0.05) is 19.1 Å². The number of hydrogen-bond acceptors (Lipinski definition) is 3.